The fraction of sp³-hybridized carbons (Fsp3) is 0.0556. The number of rotatable bonds is 3. The number of amides is 3. The number of hydrogen-bond acceptors (Lipinski definition) is 3. The van der Waals surface area contributed by atoms with Crippen LogP contribution in [0.3, 0.4) is 0 Å². The molecule has 0 radical (unpaired) electrons. The summed E-state index contributed by atoms with van der Waals surface area (Å²) < 4.78 is 0.879. The highest BCUT2D eigenvalue weighted by atomic mass is 79.9. The van der Waals surface area contributed by atoms with Crippen molar-refractivity contribution < 1.29 is 14.4 Å². The Morgan fingerprint density at radius 3 is 2.32 bits per heavy atom. The Labute approximate surface area is 152 Å². The van der Waals surface area contributed by atoms with Crippen LogP contribution in [0.15, 0.2) is 58.6 Å². The quantitative estimate of drug-likeness (QED) is 0.615. The van der Waals surface area contributed by atoms with E-state index in [1.54, 1.807) is 48.5 Å². The van der Waals surface area contributed by atoms with E-state index in [0.717, 1.165) is 4.47 Å². The van der Waals surface area contributed by atoms with Gasteiger partial charge in [-0.05, 0) is 48.0 Å². The molecule has 0 aliphatic carbocycles. The Bertz CT molecular complexity index is 873. The number of nitrogens with zero attached hydrogens (tertiary/aromatic N) is 1. The van der Waals surface area contributed by atoms with Crippen LogP contribution in [0.5, 0.6) is 0 Å². The van der Waals surface area contributed by atoms with Gasteiger partial charge in [-0.15, -0.1) is 0 Å². The lowest BCUT2D eigenvalue weighted by molar-refractivity contribution is -0.117. The molecule has 2 aromatic rings. The van der Waals surface area contributed by atoms with E-state index in [0.29, 0.717) is 16.9 Å². The van der Waals surface area contributed by atoms with Crippen LogP contribution in [0.2, 0.25) is 0 Å². The molecule has 1 heterocycles. The van der Waals surface area contributed by atoms with Crippen LogP contribution in [0.4, 0.5) is 11.4 Å². The van der Waals surface area contributed by atoms with Crippen molar-refractivity contribution >= 4 is 51.1 Å². The first-order valence-corrected chi connectivity index (χ1v) is 8.24. The van der Waals surface area contributed by atoms with E-state index in [4.69, 9.17) is 0 Å². The smallest absolute Gasteiger partial charge is 0.282 e. The molecule has 1 aliphatic rings. The molecule has 3 rings (SSSR count). The molecular weight excluding hydrogens is 386 g/mol. The lowest BCUT2D eigenvalue weighted by Gasteiger charge is -2.14. The van der Waals surface area contributed by atoms with Gasteiger partial charge < -0.3 is 5.32 Å². The Kier molecular flexibility index (Phi) is 4.67. The maximum absolute atomic E-state index is 12.5. The Morgan fingerprint density at radius 2 is 1.72 bits per heavy atom. The third-order valence-corrected chi connectivity index (χ3v) is 4.05. The average Bonchev–Trinajstić information content (AvgIpc) is 2.85. The molecule has 0 saturated carbocycles. The fourth-order valence-corrected chi connectivity index (χ4v) is 2.63. The summed E-state index contributed by atoms with van der Waals surface area (Å²) in [5.41, 5.74) is 4.51. The summed E-state index contributed by atoms with van der Waals surface area (Å²) in [4.78, 5) is 35.7. The first-order chi connectivity index (χ1) is 11.9. The number of nitrogens with one attached hydrogen (secondary N) is 2. The molecule has 0 bridgehead atoms. The van der Waals surface area contributed by atoms with Crippen molar-refractivity contribution in [3.05, 3.63) is 64.1 Å². The van der Waals surface area contributed by atoms with Crippen LogP contribution in [-0.2, 0) is 14.4 Å². The van der Waals surface area contributed by atoms with Crippen molar-refractivity contribution in [3.63, 3.8) is 0 Å². The minimum Gasteiger partial charge on any atom is -0.326 e. The predicted octanol–water partition coefficient (Wildman–Crippen LogP) is 2.87. The zero-order valence-corrected chi connectivity index (χ0v) is 14.8. The van der Waals surface area contributed by atoms with Gasteiger partial charge in [-0.25, -0.2) is 5.01 Å². The number of hydrogen-bond donors (Lipinski definition) is 2. The molecule has 0 atom stereocenters. The van der Waals surface area contributed by atoms with Gasteiger partial charge in [0.2, 0.25) is 5.91 Å². The molecule has 1 aliphatic heterocycles. The number of hydrazine groups is 1. The SMILES string of the molecule is CC(=O)Nc1ccc(/C=C2/C(=O)NN(c3ccc(Br)cc3)C2=O)cc1. The molecule has 0 aromatic heterocycles. The highest BCUT2D eigenvalue weighted by Gasteiger charge is 2.34. The van der Waals surface area contributed by atoms with E-state index in [1.807, 2.05) is 0 Å². The maximum atomic E-state index is 12.5. The van der Waals surface area contributed by atoms with Crippen molar-refractivity contribution in [1.29, 1.82) is 0 Å². The Balaban J connectivity index is 1.83. The zero-order valence-electron chi connectivity index (χ0n) is 13.2. The summed E-state index contributed by atoms with van der Waals surface area (Å²) in [6.07, 6.45) is 1.52. The fourth-order valence-electron chi connectivity index (χ4n) is 2.36. The summed E-state index contributed by atoms with van der Waals surface area (Å²) in [7, 11) is 0. The van der Waals surface area contributed by atoms with Crippen LogP contribution in [0.25, 0.3) is 6.08 Å². The molecular formula is C18H14BrN3O3. The number of benzene rings is 2. The van der Waals surface area contributed by atoms with Gasteiger partial charge in [-0.2, -0.15) is 0 Å². The normalized spacial score (nSPS) is 15.4. The topological polar surface area (TPSA) is 78.5 Å². The summed E-state index contributed by atoms with van der Waals surface area (Å²) in [5.74, 6) is -1.04. The van der Waals surface area contributed by atoms with Crippen LogP contribution in [0.1, 0.15) is 12.5 Å². The van der Waals surface area contributed by atoms with Crippen LogP contribution in [0, 0.1) is 0 Å². The maximum Gasteiger partial charge on any atom is 0.282 e. The lowest BCUT2D eigenvalue weighted by atomic mass is 10.1. The lowest BCUT2D eigenvalue weighted by Crippen LogP contribution is -2.35. The van der Waals surface area contributed by atoms with E-state index >= 15 is 0 Å². The van der Waals surface area contributed by atoms with Gasteiger partial charge >= 0.3 is 0 Å². The predicted molar refractivity (Wildman–Crippen MR) is 98.5 cm³/mol. The molecule has 7 heteroatoms. The highest BCUT2D eigenvalue weighted by molar-refractivity contribution is 9.10. The van der Waals surface area contributed by atoms with Gasteiger partial charge in [0.05, 0.1) is 5.69 Å². The van der Waals surface area contributed by atoms with E-state index in [-0.39, 0.29) is 11.5 Å². The van der Waals surface area contributed by atoms with Crippen molar-refractivity contribution in [3.8, 4) is 0 Å². The summed E-state index contributed by atoms with van der Waals surface area (Å²) in [6.45, 7) is 1.42. The van der Waals surface area contributed by atoms with E-state index < -0.39 is 11.8 Å². The van der Waals surface area contributed by atoms with E-state index in [2.05, 4.69) is 26.7 Å². The molecule has 1 fully saturated rings. The number of anilines is 2. The summed E-state index contributed by atoms with van der Waals surface area (Å²) in [5, 5.41) is 3.87. The van der Waals surface area contributed by atoms with E-state index in [1.165, 1.54) is 18.0 Å². The number of carbonyl (C=O) groups is 3. The second-order valence-corrected chi connectivity index (χ2v) is 6.33. The molecule has 1 saturated heterocycles. The molecule has 2 N–H and O–H groups in total. The Morgan fingerprint density at radius 1 is 1.08 bits per heavy atom. The first-order valence-electron chi connectivity index (χ1n) is 7.44. The average molecular weight is 400 g/mol. The van der Waals surface area contributed by atoms with Crippen LogP contribution in [-0.4, -0.2) is 17.7 Å². The molecule has 25 heavy (non-hydrogen) atoms. The van der Waals surface area contributed by atoms with E-state index in [9.17, 15) is 14.4 Å². The monoisotopic (exact) mass is 399 g/mol. The second kappa shape index (κ2) is 6.90. The third kappa shape index (κ3) is 3.77. The minimum atomic E-state index is -0.459. The standard InChI is InChI=1S/C18H14BrN3O3/c1-11(23)20-14-6-2-12(3-7-14)10-16-17(24)21-22(18(16)25)15-8-4-13(19)5-9-15/h2-10H,1H3,(H,20,23)(H,21,24)/b16-10-. The second-order valence-electron chi connectivity index (χ2n) is 5.42. The summed E-state index contributed by atoms with van der Waals surface area (Å²) >= 11 is 3.33. The van der Waals surface area contributed by atoms with Crippen molar-refractivity contribution in [1.82, 2.24) is 5.43 Å². The molecule has 6 nitrogen and oxygen atoms in total. The van der Waals surface area contributed by atoms with Crippen molar-refractivity contribution in [2.45, 2.75) is 6.92 Å². The Hall–Kier alpha value is -2.93. The van der Waals surface area contributed by atoms with Gasteiger partial charge in [-0.3, -0.25) is 19.8 Å². The molecule has 126 valence electrons. The molecule has 3 amide bonds. The molecule has 2 aromatic carbocycles. The minimum absolute atomic E-state index is 0.0511. The van der Waals surface area contributed by atoms with Gasteiger partial charge in [0.15, 0.2) is 0 Å². The number of carbonyl (C=O) groups excluding carboxylic acids is 3. The zero-order chi connectivity index (χ0) is 18.0. The van der Waals surface area contributed by atoms with Crippen LogP contribution < -0.4 is 15.8 Å². The van der Waals surface area contributed by atoms with Crippen LogP contribution >= 0.6 is 15.9 Å². The first kappa shape index (κ1) is 16.9. The highest BCUT2D eigenvalue weighted by Crippen LogP contribution is 2.23. The van der Waals surface area contributed by atoms with Gasteiger partial charge in [-0.1, -0.05) is 28.1 Å². The molecule has 0 unspecified atom stereocenters. The van der Waals surface area contributed by atoms with Gasteiger partial charge in [0, 0.05) is 17.1 Å². The third-order valence-electron chi connectivity index (χ3n) is 3.52. The van der Waals surface area contributed by atoms with Gasteiger partial charge in [0.1, 0.15) is 5.57 Å². The summed E-state index contributed by atoms with van der Waals surface area (Å²) in [6, 6.07) is 13.9. The van der Waals surface area contributed by atoms with Crippen molar-refractivity contribution in [2.75, 3.05) is 10.3 Å². The van der Waals surface area contributed by atoms with Gasteiger partial charge in [0.25, 0.3) is 11.8 Å². The van der Waals surface area contributed by atoms with Crippen molar-refractivity contribution in [2.24, 2.45) is 0 Å². The molecule has 0 spiro atoms. The number of halogens is 1. The largest absolute Gasteiger partial charge is 0.326 e.